The number of guanidine groups is 1. The van der Waals surface area contributed by atoms with Crippen LogP contribution in [0.3, 0.4) is 0 Å². The van der Waals surface area contributed by atoms with Crippen LogP contribution in [-0.2, 0) is 6.42 Å². The summed E-state index contributed by atoms with van der Waals surface area (Å²) in [6.07, 6.45) is 2.68. The number of likely N-dealkylation sites (N-methyl/N-ethyl adjacent to an activating group) is 1. The van der Waals surface area contributed by atoms with Crippen molar-refractivity contribution in [3.8, 4) is 0 Å². The Morgan fingerprint density at radius 1 is 1.15 bits per heavy atom. The van der Waals surface area contributed by atoms with Crippen LogP contribution >= 0.6 is 11.6 Å². The van der Waals surface area contributed by atoms with Crippen LogP contribution in [0.5, 0.6) is 0 Å². The van der Waals surface area contributed by atoms with Gasteiger partial charge in [0.25, 0.3) is 0 Å². The Labute approximate surface area is 167 Å². The van der Waals surface area contributed by atoms with Crippen LogP contribution in [0.1, 0.15) is 29.7 Å². The molecule has 27 heavy (non-hydrogen) atoms. The fourth-order valence-corrected chi connectivity index (χ4v) is 2.87. The first-order valence-electron chi connectivity index (χ1n) is 9.35. The maximum absolute atomic E-state index is 5.83. The number of nitrogens with zero attached hydrogens (tertiary/aromatic N) is 3. The molecular formula is C21H30ClN5. The molecule has 0 aliphatic rings. The summed E-state index contributed by atoms with van der Waals surface area (Å²) in [5.74, 6) is 0.832. The lowest BCUT2D eigenvalue weighted by molar-refractivity contribution is 0.306. The van der Waals surface area contributed by atoms with Gasteiger partial charge in [-0.05, 0) is 51.6 Å². The molecule has 0 aliphatic heterocycles. The fourth-order valence-electron chi connectivity index (χ4n) is 2.75. The first-order chi connectivity index (χ1) is 13.0. The number of nitrogens with one attached hydrogen (secondary N) is 2. The van der Waals surface area contributed by atoms with Crippen LogP contribution in [-0.4, -0.2) is 49.6 Å². The molecule has 1 heterocycles. The highest BCUT2D eigenvalue weighted by molar-refractivity contribution is 6.29. The minimum absolute atomic E-state index is 0.238. The van der Waals surface area contributed by atoms with Gasteiger partial charge in [-0.3, -0.25) is 4.99 Å². The second kappa shape index (κ2) is 10.9. The van der Waals surface area contributed by atoms with Crippen LogP contribution in [0.4, 0.5) is 0 Å². The van der Waals surface area contributed by atoms with E-state index in [4.69, 9.17) is 16.6 Å². The number of aromatic nitrogens is 1. The third-order valence-corrected chi connectivity index (χ3v) is 4.57. The zero-order valence-corrected chi connectivity index (χ0v) is 17.4. The molecule has 0 saturated carbocycles. The van der Waals surface area contributed by atoms with E-state index in [-0.39, 0.29) is 6.04 Å². The van der Waals surface area contributed by atoms with Crippen molar-refractivity contribution in [2.75, 3.05) is 33.7 Å². The van der Waals surface area contributed by atoms with Gasteiger partial charge in [-0.25, -0.2) is 4.98 Å². The van der Waals surface area contributed by atoms with Gasteiger partial charge in [-0.15, -0.1) is 0 Å². The van der Waals surface area contributed by atoms with Gasteiger partial charge in [-0.2, -0.15) is 0 Å². The number of hydrogen-bond donors (Lipinski definition) is 2. The predicted octanol–water partition coefficient (Wildman–Crippen LogP) is 3.44. The Bertz CT molecular complexity index is 710. The molecule has 1 aromatic carbocycles. The standard InChI is InChI=1S/C21H30ClN5/c1-5-23-21(24-13-12-17-8-11-20(22)25-14-17)26-15-19(27(3)4)18-9-6-16(2)7-10-18/h6-11,14,19H,5,12-13,15H2,1-4H3,(H2,23,24,26). The van der Waals surface area contributed by atoms with Gasteiger partial charge in [-0.1, -0.05) is 47.5 Å². The van der Waals surface area contributed by atoms with E-state index in [0.29, 0.717) is 11.7 Å². The zero-order valence-electron chi connectivity index (χ0n) is 16.7. The highest BCUT2D eigenvalue weighted by Gasteiger charge is 2.13. The second-order valence-electron chi connectivity index (χ2n) is 6.78. The average molecular weight is 388 g/mol. The van der Waals surface area contributed by atoms with E-state index in [1.54, 1.807) is 0 Å². The smallest absolute Gasteiger partial charge is 0.191 e. The van der Waals surface area contributed by atoms with Crippen LogP contribution in [0.2, 0.25) is 5.15 Å². The van der Waals surface area contributed by atoms with Gasteiger partial charge < -0.3 is 15.5 Å². The summed E-state index contributed by atoms with van der Waals surface area (Å²) in [7, 11) is 4.18. The van der Waals surface area contributed by atoms with Crippen LogP contribution in [0, 0.1) is 6.92 Å². The van der Waals surface area contributed by atoms with Crippen molar-refractivity contribution in [3.05, 3.63) is 64.4 Å². The Balaban J connectivity index is 1.97. The Morgan fingerprint density at radius 3 is 2.48 bits per heavy atom. The van der Waals surface area contributed by atoms with Crippen molar-refractivity contribution in [2.45, 2.75) is 26.3 Å². The van der Waals surface area contributed by atoms with Crippen molar-refractivity contribution in [1.82, 2.24) is 20.5 Å². The molecule has 2 N–H and O–H groups in total. The Hall–Kier alpha value is -2.11. The summed E-state index contributed by atoms with van der Waals surface area (Å²) >= 11 is 5.83. The number of benzene rings is 1. The number of aliphatic imine (C=N–C) groups is 1. The number of aryl methyl sites for hydroxylation is 1. The molecule has 0 saturated heterocycles. The van der Waals surface area contributed by atoms with E-state index in [1.807, 2.05) is 18.3 Å². The van der Waals surface area contributed by atoms with E-state index in [1.165, 1.54) is 11.1 Å². The number of pyridine rings is 1. The lowest BCUT2D eigenvalue weighted by Gasteiger charge is -2.24. The van der Waals surface area contributed by atoms with Gasteiger partial charge in [0.1, 0.15) is 5.15 Å². The minimum Gasteiger partial charge on any atom is -0.357 e. The van der Waals surface area contributed by atoms with E-state index in [2.05, 4.69) is 72.7 Å². The SMILES string of the molecule is CCNC(=NCC(c1ccc(C)cc1)N(C)C)NCCc1ccc(Cl)nc1. The highest BCUT2D eigenvalue weighted by Crippen LogP contribution is 2.19. The van der Waals surface area contributed by atoms with E-state index in [9.17, 15) is 0 Å². The van der Waals surface area contributed by atoms with Crippen molar-refractivity contribution < 1.29 is 0 Å². The van der Waals surface area contributed by atoms with Crippen molar-refractivity contribution >= 4 is 17.6 Å². The van der Waals surface area contributed by atoms with Crippen LogP contribution in [0.25, 0.3) is 0 Å². The molecule has 1 atom stereocenters. The third kappa shape index (κ3) is 7.19. The van der Waals surface area contributed by atoms with Gasteiger partial charge in [0.05, 0.1) is 12.6 Å². The molecule has 0 spiro atoms. The summed E-state index contributed by atoms with van der Waals surface area (Å²) in [5.41, 5.74) is 3.69. The number of hydrogen-bond acceptors (Lipinski definition) is 3. The number of rotatable bonds is 8. The summed E-state index contributed by atoms with van der Waals surface area (Å²) in [6, 6.07) is 12.7. The largest absolute Gasteiger partial charge is 0.357 e. The zero-order chi connectivity index (χ0) is 19.6. The minimum atomic E-state index is 0.238. The molecule has 146 valence electrons. The maximum Gasteiger partial charge on any atom is 0.191 e. The average Bonchev–Trinajstić information content (AvgIpc) is 2.64. The van der Waals surface area contributed by atoms with Crippen molar-refractivity contribution in [2.24, 2.45) is 4.99 Å². The monoisotopic (exact) mass is 387 g/mol. The molecule has 0 fully saturated rings. The van der Waals surface area contributed by atoms with Gasteiger partial charge >= 0.3 is 0 Å². The number of halogens is 1. The highest BCUT2D eigenvalue weighted by atomic mass is 35.5. The third-order valence-electron chi connectivity index (χ3n) is 4.35. The lowest BCUT2D eigenvalue weighted by Crippen LogP contribution is -2.39. The topological polar surface area (TPSA) is 52.6 Å². The van der Waals surface area contributed by atoms with E-state index < -0.39 is 0 Å². The van der Waals surface area contributed by atoms with Crippen molar-refractivity contribution in [3.63, 3.8) is 0 Å². The first kappa shape index (κ1) is 21.2. The molecule has 0 amide bonds. The van der Waals surface area contributed by atoms with Gasteiger partial charge in [0.15, 0.2) is 5.96 Å². The lowest BCUT2D eigenvalue weighted by atomic mass is 10.0. The normalized spacial score (nSPS) is 12.9. The molecule has 2 rings (SSSR count). The molecule has 1 unspecified atom stereocenters. The molecule has 0 radical (unpaired) electrons. The van der Waals surface area contributed by atoms with Crippen molar-refractivity contribution in [1.29, 1.82) is 0 Å². The summed E-state index contributed by atoms with van der Waals surface area (Å²) in [4.78, 5) is 11.1. The molecule has 6 heteroatoms. The summed E-state index contributed by atoms with van der Waals surface area (Å²) in [6.45, 7) is 6.48. The molecule has 0 aliphatic carbocycles. The molecule has 5 nitrogen and oxygen atoms in total. The van der Waals surface area contributed by atoms with Gasteiger partial charge in [0, 0.05) is 19.3 Å². The molecule has 0 bridgehead atoms. The second-order valence-corrected chi connectivity index (χ2v) is 7.16. The quantitative estimate of drug-likeness (QED) is 0.414. The van der Waals surface area contributed by atoms with Gasteiger partial charge in [0.2, 0.25) is 0 Å². The Kier molecular flexibility index (Phi) is 8.55. The van der Waals surface area contributed by atoms with Crippen LogP contribution < -0.4 is 10.6 Å². The molecule has 2 aromatic rings. The fraction of sp³-hybridized carbons (Fsp3) is 0.429. The summed E-state index contributed by atoms with van der Waals surface area (Å²) in [5, 5.41) is 7.24. The van der Waals surface area contributed by atoms with E-state index in [0.717, 1.165) is 31.0 Å². The predicted molar refractivity (Wildman–Crippen MR) is 115 cm³/mol. The molecular weight excluding hydrogens is 358 g/mol. The first-order valence-corrected chi connectivity index (χ1v) is 9.73. The maximum atomic E-state index is 5.83. The molecule has 1 aromatic heterocycles. The Morgan fingerprint density at radius 2 is 1.89 bits per heavy atom. The van der Waals surface area contributed by atoms with E-state index >= 15 is 0 Å². The van der Waals surface area contributed by atoms with Crippen LogP contribution in [0.15, 0.2) is 47.6 Å². The summed E-state index contributed by atoms with van der Waals surface area (Å²) < 4.78 is 0.